The maximum Gasteiger partial charge on any atom is 0.304 e. The van der Waals surface area contributed by atoms with E-state index >= 15 is 0 Å². The summed E-state index contributed by atoms with van der Waals surface area (Å²) in [5, 5.41) is 27.3. The third-order valence-electron chi connectivity index (χ3n) is 2.75. The third-order valence-corrected chi connectivity index (χ3v) is 2.75. The first-order valence-corrected chi connectivity index (χ1v) is 5.35. The molecular formula is C12H17NO4. The van der Waals surface area contributed by atoms with Gasteiger partial charge in [-0.3, -0.25) is 9.69 Å². The van der Waals surface area contributed by atoms with Crippen LogP contribution in [0.5, 0.6) is 11.5 Å². The molecule has 0 aliphatic heterocycles. The molecule has 3 N–H and O–H groups in total. The zero-order valence-corrected chi connectivity index (χ0v) is 9.92. The van der Waals surface area contributed by atoms with Gasteiger partial charge in [-0.05, 0) is 31.7 Å². The Hall–Kier alpha value is -1.75. The summed E-state index contributed by atoms with van der Waals surface area (Å²) in [5.41, 5.74) is 0.746. The fourth-order valence-electron chi connectivity index (χ4n) is 1.58. The first-order valence-electron chi connectivity index (χ1n) is 5.35. The molecule has 0 amide bonds. The Morgan fingerprint density at radius 3 is 2.29 bits per heavy atom. The van der Waals surface area contributed by atoms with Crippen LogP contribution < -0.4 is 0 Å². The monoisotopic (exact) mass is 239 g/mol. The van der Waals surface area contributed by atoms with E-state index < -0.39 is 5.97 Å². The largest absolute Gasteiger partial charge is 0.508 e. The molecule has 0 saturated heterocycles. The Balaban J connectivity index is 2.73. The number of rotatable bonds is 5. The lowest BCUT2D eigenvalue weighted by atomic mass is 10.1. The standard InChI is InChI=1S/C12H17NO4/c1-8(13(2)4-3-12(16)17)9-5-10(14)7-11(15)6-9/h5-8,14-15H,3-4H2,1-2H3,(H,16,17). The SMILES string of the molecule is CC(c1cc(O)cc(O)c1)N(C)CCC(=O)O. The molecular weight excluding hydrogens is 222 g/mol. The summed E-state index contributed by atoms with van der Waals surface area (Å²) in [6.07, 6.45) is 0.0611. The van der Waals surface area contributed by atoms with E-state index in [4.69, 9.17) is 5.11 Å². The number of aliphatic carboxylic acids is 1. The fraction of sp³-hybridized carbons (Fsp3) is 0.417. The lowest BCUT2D eigenvalue weighted by Crippen LogP contribution is -2.25. The molecule has 1 atom stereocenters. The molecule has 0 bridgehead atoms. The average molecular weight is 239 g/mol. The number of carboxylic acid groups (broad SMARTS) is 1. The maximum absolute atomic E-state index is 10.5. The highest BCUT2D eigenvalue weighted by molar-refractivity contribution is 5.66. The second kappa shape index (κ2) is 5.54. The van der Waals surface area contributed by atoms with Crippen LogP contribution in [0.4, 0.5) is 0 Å². The number of carbonyl (C=O) groups is 1. The molecule has 1 rings (SSSR count). The van der Waals surface area contributed by atoms with Crippen molar-refractivity contribution in [3.8, 4) is 11.5 Å². The number of phenols is 2. The van der Waals surface area contributed by atoms with Crippen molar-refractivity contribution in [2.24, 2.45) is 0 Å². The Morgan fingerprint density at radius 2 is 1.82 bits per heavy atom. The number of hydrogen-bond acceptors (Lipinski definition) is 4. The predicted octanol–water partition coefficient (Wildman–Crippen LogP) is 1.57. The van der Waals surface area contributed by atoms with Crippen molar-refractivity contribution < 1.29 is 20.1 Å². The molecule has 0 aliphatic carbocycles. The van der Waals surface area contributed by atoms with Crippen molar-refractivity contribution in [1.29, 1.82) is 0 Å². The Labute approximate surface area is 99.9 Å². The van der Waals surface area contributed by atoms with Crippen LogP contribution in [0.2, 0.25) is 0 Å². The van der Waals surface area contributed by atoms with Gasteiger partial charge >= 0.3 is 5.97 Å². The quantitative estimate of drug-likeness (QED) is 0.726. The number of hydrogen-bond donors (Lipinski definition) is 3. The minimum Gasteiger partial charge on any atom is -0.508 e. The first-order chi connectivity index (χ1) is 7.90. The zero-order chi connectivity index (χ0) is 13.0. The van der Waals surface area contributed by atoms with Crippen LogP contribution in [0.3, 0.4) is 0 Å². The van der Waals surface area contributed by atoms with E-state index in [0.717, 1.165) is 5.56 Å². The molecule has 0 aliphatic rings. The summed E-state index contributed by atoms with van der Waals surface area (Å²) in [5.74, 6) is -0.847. The van der Waals surface area contributed by atoms with Crippen molar-refractivity contribution in [2.45, 2.75) is 19.4 Å². The number of aromatic hydroxyl groups is 2. The topological polar surface area (TPSA) is 81.0 Å². The molecule has 5 heteroatoms. The van der Waals surface area contributed by atoms with Gasteiger partial charge in [-0.15, -0.1) is 0 Å². The van der Waals surface area contributed by atoms with Gasteiger partial charge in [0.05, 0.1) is 6.42 Å². The van der Waals surface area contributed by atoms with Crippen molar-refractivity contribution in [3.63, 3.8) is 0 Å². The van der Waals surface area contributed by atoms with Gasteiger partial charge in [-0.1, -0.05) is 0 Å². The average Bonchev–Trinajstić information content (AvgIpc) is 2.23. The Morgan fingerprint density at radius 1 is 1.29 bits per heavy atom. The summed E-state index contributed by atoms with van der Waals surface area (Å²) < 4.78 is 0. The molecule has 5 nitrogen and oxygen atoms in total. The van der Waals surface area contributed by atoms with E-state index in [2.05, 4.69) is 0 Å². The van der Waals surface area contributed by atoms with Crippen LogP contribution in [0.1, 0.15) is 24.9 Å². The minimum absolute atomic E-state index is 0.00140. The van der Waals surface area contributed by atoms with Crippen LogP contribution in [0.15, 0.2) is 18.2 Å². The minimum atomic E-state index is -0.845. The Kier molecular flexibility index (Phi) is 4.34. The van der Waals surface area contributed by atoms with Crippen LogP contribution in [0.25, 0.3) is 0 Å². The van der Waals surface area contributed by atoms with E-state index in [1.807, 2.05) is 11.8 Å². The van der Waals surface area contributed by atoms with Gasteiger partial charge < -0.3 is 15.3 Å². The van der Waals surface area contributed by atoms with Crippen LogP contribution in [0, 0.1) is 0 Å². The van der Waals surface area contributed by atoms with Gasteiger partial charge in [0.15, 0.2) is 0 Å². The highest BCUT2D eigenvalue weighted by Crippen LogP contribution is 2.27. The molecule has 0 spiro atoms. The van der Waals surface area contributed by atoms with E-state index in [1.165, 1.54) is 6.07 Å². The summed E-state index contributed by atoms with van der Waals surface area (Å²) in [4.78, 5) is 12.3. The lowest BCUT2D eigenvalue weighted by molar-refractivity contribution is -0.137. The molecule has 0 radical (unpaired) electrons. The normalized spacial score (nSPS) is 12.6. The van der Waals surface area contributed by atoms with Crippen molar-refractivity contribution in [3.05, 3.63) is 23.8 Å². The number of carboxylic acids is 1. The second-order valence-electron chi connectivity index (χ2n) is 4.08. The molecule has 17 heavy (non-hydrogen) atoms. The zero-order valence-electron chi connectivity index (χ0n) is 9.92. The number of nitrogens with zero attached hydrogens (tertiary/aromatic N) is 1. The smallest absolute Gasteiger partial charge is 0.304 e. The van der Waals surface area contributed by atoms with Crippen LogP contribution in [-0.4, -0.2) is 39.8 Å². The van der Waals surface area contributed by atoms with Gasteiger partial charge in [-0.2, -0.15) is 0 Å². The highest BCUT2D eigenvalue weighted by Gasteiger charge is 2.14. The molecule has 1 aromatic rings. The van der Waals surface area contributed by atoms with Crippen molar-refractivity contribution in [1.82, 2.24) is 4.90 Å². The van der Waals surface area contributed by atoms with Crippen molar-refractivity contribution >= 4 is 5.97 Å². The summed E-state index contributed by atoms with van der Waals surface area (Å²) in [6, 6.07) is 4.30. The molecule has 0 heterocycles. The fourth-order valence-corrected chi connectivity index (χ4v) is 1.58. The number of benzene rings is 1. The molecule has 1 aromatic carbocycles. The summed E-state index contributed by atoms with van der Waals surface area (Å²) in [7, 11) is 1.80. The second-order valence-corrected chi connectivity index (χ2v) is 4.08. The Bertz CT molecular complexity index is 385. The summed E-state index contributed by atoms with van der Waals surface area (Å²) in [6.45, 7) is 2.29. The predicted molar refractivity (Wildman–Crippen MR) is 63.1 cm³/mol. The number of phenolic OH excluding ortho intramolecular Hbond substituents is 2. The lowest BCUT2D eigenvalue weighted by Gasteiger charge is -2.24. The van der Waals surface area contributed by atoms with E-state index in [1.54, 1.807) is 19.2 Å². The molecule has 0 fully saturated rings. The third kappa shape index (κ3) is 3.96. The van der Waals surface area contributed by atoms with Crippen molar-refractivity contribution in [2.75, 3.05) is 13.6 Å². The van der Waals surface area contributed by atoms with Crippen LogP contribution >= 0.6 is 0 Å². The van der Waals surface area contributed by atoms with E-state index in [-0.39, 0.29) is 24.0 Å². The van der Waals surface area contributed by atoms with Gasteiger partial charge in [0, 0.05) is 18.7 Å². The molecule has 94 valence electrons. The molecule has 0 aromatic heterocycles. The van der Waals surface area contributed by atoms with E-state index in [0.29, 0.717) is 6.54 Å². The maximum atomic E-state index is 10.5. The van der Waals surface area contributed by atoms with Gasteiger partial charge in [0.1, 0.15) is 11.5 Å². The van der Waals surface area contributed by atoms with Gasteiger partial charge in [0.2, 0.25) is 0 Å². The summed E-state index contributed by atoms with van der Waals surface area (Å²) >= 11 is 0. The van der Waals surface area contributed by atoms with Gasteiger partial charge in [-0.25, -0.2) is 0 Å². The molecule has 0 saturated carbocycles. The first kappa shape index (κ1) is 13.3. The van der Waals surface area contributed by atoms with Gasteiger partial charge in [0.25, 0.3) is 0 Å². The highest BCUT2D eigenvalue weighted by atomic mass is 16.4. The van der Waals surface area contributed by atoms with Crippen LogP contribution in [-0.2, 0) is 4.79 Å². The molecule has 1 unspecified atom stereocenters. The van der Waals surface area contributed by atoms with E-state index in [9.17, 15) is 15.0 Å².